The summed E-state index contributed by atoms with van der Waals surface area (Å²) in [5.74, 6) is 0.773. The van der Waals surface area contributed by atoms with Crippen LogP contribution in [0.3, 0.4) is 0 Å². The molecule has 0 heterocycles. The second-order valence-electron chi connectivity index (χ2n) is 5.76. The number of carbonyl (C=O) groups is 2. The van der Waals surface area contributed by atoms with Crippen LogP contribution in [0.25, 0.3) is 0 Å². The Balaban J connectivity index is 2.11. The molecule has 6 heteroatoms. The highest BCUT2D eigenvalue weighted by atomic mass is 32.2. The van der Waals surface area contributed by atoms with Gasteiger partial charge in [-0.3, -0.25) is 9.59 Å². The van der Waals surface area contributed by atoms with Crippen molar-refractivity contribution >= 4 is 23.6 Å². The van der Waals surface area contributed by atoms with E-state index in [2.05, 4.69) is 5.32 Å². The quantitative estimate of drug-likeness (QED) is 0.724. The molecule has 2 rings (SSSR count). The van der Waals surface area contributed by atoms with Crippen LogP contribution < -0.4 is 10.1 Å². The molecule has 1 atom stereocenters. The SMILES string of the molecule is CNC(=O)[C@@H](C)N(Cc1ccc(OC)cc1)C(=O)CSc1ccccc1. The zero-order valence-electron chi connectivity index (χ0n) is 15.3. The molecule has 0 unspecified atom stereocenters. The lowest BCUT2D eigenvalue weighted by Gasteiger charge is -2.28. The molecule has 0 bridgehead atoms. The third-order valence-corrected chi connectivity index (χ3v) is 5.03. The highest BCUT2D eigenvalue weighted by Crippen LogP contribution is 2.20. The monoisotopic (exact) mass is 372 g/mol. The minimum absolute atomic E-state index is 0.0780. The predicted octanol–water partition coefficient (Wildman–Crippen LogP) is 2.95. The highest BCUT2D eigenvalue weighted by molar-refractivity contribution is 8.00. The van der Waals surface area contributed by atoms with Gasteiger partial charge in [-0.25, -0.2) is 0 Å². The Hall–Kier alpha value is -2.47. The summed E-state index contributed by atoms with van der Waals surface area (Å²) in [5.41, 5.74) is 0.944. The summed E-state index contributed by atoms with van der Waals surface area (Å²) < 4.78 is 5.16. The van der Waals surface area contributed by atoms with Crippen LogP contribution in [-0.2, 0) is 16.1 Å². The van der Waals surface area contributed by atoms with Gasteiger partial charge in [0.2, 0.25) is 11.8 Å². The van der Waals surface area contributed by atoms with Gasteiger partial charge in [0, 0.05) is 18.5 Å². The fraction of sp³-hybridized carbons (Fsp3) is 0.300. The highest BCUT2D eigenvalue weighted by Gasteiger charge is 2.25. The topological polar surface area (TPSA) is 58.6 Å². The van der Waals surface area contributed by atoms with E-state index in [0.29, 0.717) is 6.54 Å². The Bertz CT molecular complexity index is 720. The number of thioether (sulfide) groups is 1. The first-order valence-corrected chi connectivity index (χ1v) is 9.35. The van der Waals surface area contributed by atoms with Gasteiger partial charge in [-0.1, -0.05) is 30.3 Å². The largest absolute Gasteiger partial charge is 0.497 e. The molecule has 138 valence electrons. The maximum Gasteiger partial charge on any atom is 0.242 e. The fourth-order valence-electron chi connectivity index (χ4n) is 2.46. The molecule has 26 heavy (non-hydrogen) atoms. The van der Waals surface area contributed by atoms with Crippen LogP contribution in [0.2, 0.25) is 0 Å². The standard InChI is InChI=1S/C20H24N2O3S/c1-15(20(24)21-2)22(13-16-9-11-17(25-3)12-10-16)19(23)14-26-18-7-5-4-6-8-18/h4-12,15H,13-14H2,1-3H3,(H,21,24)/t15-/m1/s1. The molecule has 1 N–H and O–H groups in total. The summed E-state index contributed by atoms with van der Waals surface area (Å²) in [6.07, 6.45) is 0. The van der Waals surface area contributed by atoms with Gasteiger partial charge in [0.1, 0.15) is 11.8 Å². The number of ether oxygens (including phenoxy) is 1. The number of hydrogen-bond acceptors (Lipinski definition) is 4. The Morgan fingerprint density at radius 2 is 1.77 bits per heavy atom. The second kappa shape index (κ2) is 9.87. The van der Waals surface area contributed by atoms with E-state index < -0.39 is 6.04 Å². The molecule has 0 aliphatic heterocycles. The molecule has 0 radical (unpaired) electrons. The number of nitrogens with one attached hydrogen (secondary N) is 1. The summed E-state index contributed by atoms with van der Waals surface area (Å²) >= 11 is 1.47. The molecule has 2 amide bonds. The number of benzene rings is 2. The van der Waals surface area contributed by atoms with E-state index in [0.717, 1.165) is 16.2 Å². The van der Waals surface area contributed by atoms with E-state index in [1.54, 1.807) is 26.0 Å². The number of carbonyl (C=O) groups excluding carboxylic acids is 2. The van der Waals surface area contributed by atoms with Crippen LogP contribution in [0.15, 0.2) is 59.5 Å². The average Bonchev–Trinajstić information content (AvgIpc) is 2.70. The number of nitrogens with zero attached hydrogens (tertiary/aromatic N) is 1. The first kappa shape index (κ1) is 19.8. The molecular formula is C20H24N2O3S. The Kier molecular flexibility index (Phi) is 7.53. The molecular weight excluding hydrogens is 348 g/mol. The van der Waals surface area contributed by atoms with Gasteiger partial charge >= 0.3 is 0 Å². The van der Waals surface area contributed by atoms with E-state index in [4.69, 9.17) is 4.74 Å². The third-order valence-electron chi connectivity index (χ3n) is 4.03. The van der Waals surface area contributed by atoms with Crippen molar-refractivity contribution in [2.45, 2.75) is 24.4 Å². The van der Waals surface area contributed by atoms with E-state index in [-0.39, 0.29) is 17.6 Å². The summed E-state index contributed by atoms with van der Waals surface area (Å²) in [6, 6.07) is 16.7. The minimum Gasteiger partial charge on any atom is -0.497 e. The number of likely N-dealkylation sites (N-methyl/N-ethyl adjacent to an activating group) is 1. The molecule has 0 fully saturated rings. The Morgan fingerprint density at radius 3 is 2.35 bits per heavy atom. The van der Waals surface area contributed by atoms with Crippen molar-refractivity contribution in [2.24, 2.45) is 0 Å². The Labute approximate surface area is 158 Å². The van der Waals surface area contributed by atoms with Gasteiger partial charge in [-0.2, -0.15) is 0 Å². The minimum atomic E-state index is -0.550. The van der Waals surface area contributed by atoms with E-state index in [1.165, 1.54) is 11.8 Å². The van der Waals surface area contributed by atoms with Gasteiger partial charge in [-0.05, 0) is 36.8 Å². The number of rotatable bonds is 8. The molecule has 0 spiro atoms. The lowest BCUT2D eigenvalue weighted by molar-refractivity contribution is -0.138. The van der Waals surface area contributed by atoms with Crippen molar-refractivity contribution < 1.29 is 14.3 Å². The molecule has 0 saturated heterocycles. The van der Waals surface area contributed by atoms with Crippen molar-refractivity contribution in [3.8, 4) is 5.75 Å². The molecule has 5 nitrogen and oxygen atoms in total. The van der Waals surface area contributed by atoms with Gasteiger partial charge in [0.25, 0.3) is 0 Å². The first-order valence-electron chi connectivity index (χ1n) is 8.37. The van der Waals surface area contributed by atoms with Crippen molar-refractivity contribution in [3.05, 3.63) is 60.2 Å². The van der Waals surface area contributed by atoms with Crippen molar-refractivity contribution in [1.29, 1.82) is 0 Å². The normalized spacial score (nSPS) is 11.5. The van der Waals surface area contributed by atoms with Crippen LogP contribution in [-0.4, -0.2) is 42.7 Å². The van der Waals surface area contributed by atoms with E-state index in [9.17, 15) is 9.59 Å². The van der Waals surface area contributed by atoms with E-state index in [1.807, 2.05) is 54.6 Å². The number of hydrogen-bond donors (Lipinski definition) is 1. The smallest absolute Gasteiger partial charge is 0.242 e. The average molecular weight is 372 g/mol. The third kappa shape index (κ3) is 5.52. The zero-order chi connectivity index (χ0) is 18.9. The van der Waals surface area contributed by atoms with Crippen molar-refractivity contribution in [1.82, 2.24) is 10.2 Å². The van der Waals surface area contributed by atoms with Crippen LogP contribution in [0.5, 0.6) is 5.75 Å². The van der Waals surface area contributed by atoms with Crippen LogP contribution in [0.4, 0.5) is 0 Å². The summed E-state index contributed by atoms with van der Waals surface area (Å²) in [7, 11) is 3.19. The van der Waals surface area contributed by atoms with Crippen LogP contribution in [0, 0.1) is 0 Å². The van der Waals surface area contributed by atoms with Crippen LogP contribution >= 0.6 is 11.8 Å². The summed E-state index contributed by atoms with van der Waals surface area (Å²) in [5, 5.41) is 2.62. The maximum atomic E-state index is 12.8. The van der Waals surface area contributed by atoms with Crippen molar-refractivity contribution in [3.63, 3.8) is 0 Å². The van der Waals surface area contributed by atoms with Gasteiger partial charge in [-0.15, -0.1) is 11.8 Å². The lowest BCUT2D eigenvalue weighted by Crippen LogP contribution is -2.47. The van der Waals surface area contributed by atoms with Gasteiger partial charge in [0.05, 0.1) is 12.9 Å². The molecule has 2 aromatic carbocycles. The molecule has 0 aliphatic rings. The Morgan fingerprint density at radius 1 is 1.12 bits per heavy atom. The van der Waals surface area contributed by atoms with Crippen molar-refractivity contribution in [2.75, 3.05) is 19.9 Å². The van der Waals surface area contributed by atoms with Gasteiger partial charge < -0.3 is 15.0 Å². The molecule has 2 aromatic rings. The predicted molar refractivity (Wildman–Crippen MR) is 104 cm³/mol. The van der Waals surface area contributed by atoms with Crippen LogP contribution in [0.1, 0.15) is 12.5 Å². The number of methoxy groups -OCH3 is 1. The van der Waals surface area contributed by atoms with Gasteiger partial charge in [0.15, 0.2) is 0 Å². The fourth-order valence-corrected chi connectivity index (χ4v) is 3.27. The molecule has 0 aromatic heterocycles. The molecule has 0 saturated carbocycles. The second-order valence-corrected chi connectivity index (χ2v) is 6.81. The first-order chi connectivity index (χ1) is 12.5. The number of amides is 2. The summed E-state index contributed by atoms with van der Waals surface area (Å²) in [4.78, 5) is 27.5. The van der Waals surface area contributed by atoms with E-state index >= 15 is 0 Å². The summed E-state index contributed by atoms with van der Waals surface area (Å²) in [6.45, 7) is 2.11. The lowest BCUT2D eigenvalue weighted by atomic mass is 10.1. The zero-order valence-corrected chi connectivity index (χ0v) is 16.1. The molecule has 0 aliphatic carbocycles. The maximum absolute atomic E-state index is 12.8.